The van der Waals surface area contributed by atoms with Crippen molar-refractivity contribution >= 4 is 11.8 Å². The first-order valence-electron chi connectivity index (χ1n) is 7.74. The summed E-state index contributed by atoms with van der Waals surface area (Å²) in [6.07, 6.45) is -1.13. The standard InChI is InChI=1S/C19H23NO3/c1-14(2)17-12-8-9-13-18(17)23-19(21)22-15(3)20(4)16-10-6-5-7-11-16/h5-15H,1-4H3. The van der Waals surface area contributed by atoms with Crippen molar-refractivity contribution in [1.82, 2.24) is 0 Å². The quantitative estimate of drug-likeness (QED) is 0.451. The fourth-order valence-electron chi connectivity index (χ4n) is 2.26. The van der Waals surface area contributed by atoms with Crippen LogP contribution in [0.25, 0.3) is 0 Å². The van der Waals surface area contributed by atoms with Gasteiger partial charge in [-0.3, -0.25) is 0 Å². The summed E-state index contributed by atoms with van der Waals surface area (Å²) in [5.41, 5.74) is 1.95. The fourth-order valence-corrected chi connectivity index (χ4v) is 2.26. The molecule has 0 heterocycles. The maximum absolute atomic E-state index is 12.1. The number of rotatable bonds is 5. The van der Waals surface area contributed by atoms with E-state index >= 15 is 0 Å². The van der Waals surface area contributed by atoms with Crippen molar-refractivity contribution in [1.29, 1.82) is 0 Å². The van der Waals surface area contributed by atoms with E-state index in [9.17, 15) is 4.79 Å². The van der Waals surface area contributed by atoms with E-state index in [-0.39, 0.29) is 5.92 Å². The Morgan fingerprint density at radius 1 is 0.957 bits per heavy atom. The van der Waals surface area contributed by atoms with Crippen LogP contribution >= 0.6 is 0 Å². The van der Waals surface area contributed by atoms with Gasteiger partial charge in [-0.05, 0) is 36.6 Å². The Bertz CT molecular complexity index is 640. The monoisotopic (exact) mass is 313 g/mol. The van der Waals surface area contributed by atoms with Gasteiger partial charge in [-0.15, -0.1) is 0 Å². The molecule has 122 valence electrons. The van der Waals surface area contributed by atoms with Gasteiger partial charge in [-0.2, -0.15) is 0 Å². The molecule has 1 atom stereocenters. The van der Waals surface area contributed by atoms with E-state index in [2.05, 4.69) is 13.8 Å². The molecule has 0 amide bonds. The predicted molar refractivity (Wildman–Crippen MR) is 91.9 cm³/mol. The van der Waals surface area contributed by atoms with Crippen LogP contribution in [0.1, 0.15) is 32.3 Å². The van der Waals surface area contributed by atoms with Crippen LogP contribution in [0.3, 0.4) is 0 Å². The molecule has 0 fully saturated rings. The number of ether oxygens (including phenoxy) is 2. The Labute approximate surface area is 137 Å². The highest BCUT2D eigenvalue weighted by atomic mass is 16.7. The van der Waals surface area contributed by atoms with E-state index in [1.165, 1.54) is 0 Å². The number of carbonyl (C=O) groups excluding carboxylic acids is 1. The molecule has 0 aromatic heterocycles. The summed E-state index contributed by atoms with van der Waals surface area (Å²) < 4.78 is 10.7. The largest absolute Gasteiger partial charge is 0.515 e. The molecule has 23 heavy (non-hydrogen) atoms. The van der Waals surface area contributed by atoms with Gasteiger partial charge in [0, 0.05) is 12.7 Å². The number of anilines is 1. The van der Waals surface area contributed by atoms with Crippen LogP contribution in [0.15, 0.2) is 54.6 Å². The van der Waals surface area contributed by atoms with E-state index < -0.39 is 12.4 Å². The lowest BCUT2D eigenvalue weighted by Gasteiger charge is -2.26. The van der Waals surface area contributed by atoms with Gasteiger partial charge in [0.2, 0.25) is 0 Å². The van der Waals surface area contributed by atoms with Crippen LogP contribution in [-0.2, 0) is 4.74 Å². The number of hydrogen-bond acceptors (Lipinski definition) is 4. The van der Waals surface area contributed by atoms with E-state index in [1.54, 1.807) is 6.07 Å². The number of nitrogens with zero attached hydrogens (tertiary/aromatic N) is 1. The lowest BCUT2D eigenvalue weighted by molar-refractivity contribution is 0.0658. The van der Waals surface area contributed by atoms with E-state index in [0.717, 1.165) is 11.3 Å². The van der Waals surface area contributed by atoms with Crippen molar-refractivity contribution in [3.8, 4) is 5.75 Å². The fraction of sp³-hybridized carbons (Fsp3) is 0.316. The zero-order valence-corrected chi connectivity index (χ0v) is 14.0. The van der Waals surface area contributed by atoms with Gasteiger partial charge in [-0.1, -0.05) is 50.2 Å². The van der Waals surface area contributed by atoms with E-state index in [0.29, 0.717) is 5.75 Å². The third-order valence-electron chi connectivity index (χ3n) is 3.71. The molecule has 0 bridgehead atoms. The highest BCUT2D eigenvalue weighted by molar-refractivity contribution is 5.65. The van der Waals surface area contributed by atoms with E-state index in [1.807, 2.05) is 67.4 Å². The third kappa shape index (κ3) is 4.49. The van der Waals surface area contributed by atoms with Gasteiger partial charge < -0.3 is 14.4 Å². The van der Waals surface area contributed by atoms with Crippen molar-refractivity contribution in [2.24, 2.45) is 0 Å². The molecule has 0 aliphatic rings. The number of benzene rings is 2. The van der Waals surface area contributed by atoms with E-state index in [4.69, 9.17) is 9.47 Å². The Morgan fingerprint density at radius 3 is 2.22 bits per heavy atom. The highest BCUT2D eigenvalue weighted by Crippen LogP contribution is 2.26. The molecule has 0 N–H and O–H groups in total. The average Bonchev–Trinajstić information content (AvgIpc) is 2.55. The lowest BCUT2D eigenvalue weighted by Crippen LogP contribution is -2.34. The van der Waals surface area contributed by atoms with Gasteiger partial charge in [-0.25, -0.2) is 4.79 Å². The van der Waals surface area contributed by atoms with Crippen molar-refractivity contribution in [3.63, 3.8) is 0 Å². The second-order valence-corrected chi connectivity index (χ2v) is 5.71. The number of hydrogen-bond donors (Lipinski definition) is 0. The van der Waals surface area contributed by atoms with Gasteiger partial charge in [0.15, 0.2) is 6.23 Å². The summed E-state index contributed by atoms with van der Waals surface area (Å²) in [7, 11) is 1.87. The molecule has 0 saturated carbocycles. The molecular weight excluding hydrogens is 290 g/mol. The highest BCUT2D eigenvalue weighted by Gasteiger charge is 2.18. The van der Waals surface area contributed by atoms with Gasteiger partial charge in [0.05, 0.1) is 0 Å². The molecule has 0 radical (unpaired) electrons. The van der Waals surface area contributed by atoms with Crippen LogP contribution in [0, 0.1) is 0 Å². The van der Waals surface area contributed by atoms with Crippen LogP contribution < -0.4 is 9.64 Å². The van der Waals surface area contributed by atoms with Crippen molar-refractivity contribution in [2.45, 2.75) is 32.9 Å². The van der Waals surface area contributed by atoms with Crippen LogP contribution in [-0.4, -0.2) is 19.4 Å². The Hall–Kier alpha value is -2.49. The molecule has 0 saturated heterocycles. The Balaban J connectivity index is 2.00. The molecular formula is C19H23NO3. The molecule has 0 aliphatic heterocycles. The van der Waals surface area contributed by atoms with Gasteiger partial charge >= 0.3 is 6.16 Å². The molecule has 0 aliphatic carbocycles. The smallest absolute Gasteiger partial charge is 0.410 e. The molecule has 4 heteroatoms. The van der Waals surface area contributed by atoms with Crippen molar-refractivity contribution in [3.05, 3.63) is 60.2 Å². The average molecular weight is 313 g/mol. The summed E-state index contributed by atoms with van der Waals surface area (Å²) in [6.45, 7) is 5.92. The lowest BCUT2D eigenvalue weighted by atomic mass is 10.0. The topological polar surface area (TPSA) is 38.8 Å². The predicted octanol–water partition coefficient (Wildman–Crippen LogP) is 4.81. The number of carbonyl (C=O) groups is 1. The zero-order valence-electron chi connectivity index (χ0n) is 14.0. The maximum atomic E-state index is 12.1. The second-order valence-electron chi connectivity index (χ2n) is 5.71. The summed E-state index contributed by atoms with van der Waals surface area (Å²) in [4.78, 5) is 13.9. The molecule has 2 rings (SSSR count). The van der Waals surface area contributed by atoms with Crippen LogP contribution in [0.4, 0.5) is 10.5 Å². The zero-order chi connectivity index (χ0) is 16.8. The normalized spacial score (nSPS) is 11.9. The van der Waals surface area contributed by atoms with Gasteiger partial charge in [0.1, 0.15) is 5.75 Å². The van der Waals surface area contributed by atoms with Gasteiger partial charge in [0.25, 0.3) is 0 Å². The Kier molecular flexibility index (Phi) is 5.63. The van der Waals surface area contributed by atoms with Crippen LogP contribution in [0.5, 0.6) is 5.75 Å². The minimum Gasteiger partial charge on any atom is -0.410 e. The SMILES string of the molecule is CC(C)c1ccccc1OC(=O)OC(C)N(C)c1ccccc1. The summed E-state index contributed by atoms with van der Waals surface area (Å²) >= 11 is 0. The minimum absolute atomic E-state index is 0.267. The summed E-state index contributed by atoms with van der Waals surface area (Å²) in [6, 6.07) is 17.2. The number of para-hydroxylation sites is 2. The van der Waals surface area contributed by atoms with Crippen LogP contribution in [0.2, 0.25) is 0 Å². The maximum Gasteiger partial charge on any atom is 0.515 e. The molecule has 1 unspecified atom stereocenters. The van der Waals surface area contributed by atoms with Crippen molar-refractivity contribution < 1.29 is 14.3 Å². The van der Waals surface area contributed by atoms with Crippen molar-refractivity contribution in [2.75, 3.05) is 11.9 Å². The molecule has 2 aromatic rings. The molecule has 0 spiro atoms. The first kappa shape index (κ1) is 16.9. The second kappa shape index (κ2) is 7.68. The summed E-state index contributed by atoms with van der Waals surface area (Å²) in [5, 5.41) is 0. The molecule has 4 nitrogen and oxygen atoms in total. The molecule has 2 aromatic carbocycles. The first-order chi connectivity index (χ1) is 11.0. The third-order valence-corrected chi connectivity index (χ3v) is 3.71. The Morgan fingerprint density at radius 2 is 1.57 bits per heavy atom. The first-order valence-corrected chi connectivity index (χ1v) is 7.74. The summed E-state index contributed by atoms with van der Waals surface area (Å²) in [5.74, 6) is 0.811. The minimum atomic E-state index is -0.701.